The van der Waals surface area contributed by atoms with E-state index in [-0.39, 0.29) is 24.6 Å². The van der Waals surface area contributed by atoms with E-state index in [0.29, 0.717) is 18.0 Å². The van der Waals surface area contributed by atoms with Gasteiger partial charge in [0.25, 0.3) is 0 Å². The molecule has 2 aliphatic rings. The summed E-state index contributed by atoms with van der Waals surface area (Å²) in [7, 11) is -3.59. The van der Waals surface area contributed by atoms with Gasteiger partial charge in [-0.05, 0) is 79.6 Å². The molecule has 0 radical (unpaired) electrons. The SMILES string of the molecule is Cc1ccc(-c2ccc(C3[C@@H](CO)N4CCCCN(S(=O)(=O)c5ccccc5C)C[C@@H]34)cc2)cc1C. The zero-order valence-corrected chi connectivity index (χ0v) is 22.2. The van der Waals surface area contributed by atoms with E-state index in [1.807, 2.05) is 19.1 Å². The predicted octanol–water partition coefficient (Wildman–Crippen LogP) is 4.89. The number of hydrogen-bond acceptors (Lipinski definition) is 4. The number of aliphatic hydroxyl groups excluding tert-OH is 1. The average molecular weight is 505 g/mol. The molecular weight excluding hydrogens is 468 g/mol. The first kappa shape index (κ1) is 25.2. The molecule has 5 nitrogen and oxygen atoms in total. The van der Waals surface area contributed by atoms with Crippen LogP contribution in [0.25, 0.3) is 11.1 Å². The third-order valence-electron chi connectivity index (χ3n) is 8.18. The van der Waals surface area contributed by atoms with Gasteiger partial charge in [-0.1, -0.05) is 60.7 Å². The molecule has 1 N–H and O–H groups in total. The van der Waals surface area contributed by atoms with E-state index in [9.17, 15) is 13.5 Å². The van der Waals surface area contributed by atoms with Crippen LogP contribution in [0.1, 0.15) is 41.0 Å². The fourth-order valence-electron chi connectivity index (χ4n) is 5.93. The van der Waals surface area contributed by atoms with Gasteiger partial charge in [-0.15, -0.1) is 0 Å². The van der Waals surface area contributed by atoms with Crippen molar-refractivity contribution in [3.8, 4) is 11.1 Å². The van der Waals surface area contributed by atoms with Crippen molar-refractivity contribution < 1.29 is 13.5 Å². The Bertz CT molecular complexity index is 1340. The number of hydrogen-bond donors (Lipinski definition) is 1. The van der Waals surface area contributed by atoms with E-state index >= 15 is 0 Å². The molecule has 2 aliphatic heterocycles. The van der Waals surface area contributed by atoms with Gasteiger partial charge in [0.15, 0.2) is 0 Å². The summed E-state index contributed by atoms with van der Waals surface area (Å²) < 4.78 is 29.0. The number of benzene rings is 3. The molecule has 0 saturated carbocycles. The molecule has 0 amide bonds. The van der Waals surface area contributed by atoms with Crippen LogP contribution in [0.3, 0.4) is 0 Å². The molecule has 3 aromatic carbocycles. The van der Waals surface area contributed by atoms with Gasteiger partial charge in [-0.25, -0.2) is 8.42 Å². The summed E-state index contributed by atoms with van der Waals surface area (Å²) >= 11 is 0. The van der Waals surface area contributed by atoms with Gasteiger partial charge in [-0.2, -0.15) is 4.31 Å². The number of sulfonamides is 1. The summed E-state index contributed by atoms with van der Waals surface area (Å²) in [4.78, 5) is 2.71. The quantitative estimate of drug-likeness (QED) is 0.537. The second kappa shape index (κ2) is 10.1. The summed E-state index contributed by atoms with van der Waals surface area (Å²) in [5, 5.41) is 10.3. The highest BCUT2D eigenvalue weighted by molar-refractivity contribution is 7.89. The molecule has 0 spiro atoms. The maximum absolute atomic E-state index is 13.7. The standard InChI is InChI=1S/C30H36N2O3S/c1-21-10-11-26(18-23(21)3)24-12-14-25(15-13-24)30-27-19-31(16-6-7-17-32(27)28(30)20-33)36(34,35)29-9-5-4-8-22(29)2/h4-5,8-15,18,27-28,30,33H,6-7,16-17,19-20H2,1-3H3/t27-,28+,30?/m0/s1. The molecule has 0 aromatic heterocycles. The topological polar surface area (TPSA) is 60.9 Å². The third kappa shape index (κ3) is 4.52. The minimum absolute atomic E-state index is 0.0172. The van der Waals surface area contributed by atoms with E-state index in [1.54, 1.807) is 16.4 Å². The normalized spacial score (nSPS) is 23.4. The van der Waals surface area contributed by atoms with Gasteiger partial charge in [0, 0.05) is 31.1 Å². The highest BCUT2D eigenvalue weighted by Crippen LogP contribution is 2.43. The molecule has 0 bridgehead atoms. The van der Waals surface area contributed by atoms with Crippen LogP contribution >= 0.6 is 0 Å². The highest BCUT2D eigenvalue weighted by Gasteiger charge is 2.50. The molecule has 2 saturated heterocycles. The maximum atomic E-state index is 13.7. The monoisotopic (exact) mass is 504 g/mol. The van der Waals surface area contributed by atoms with Crippen molar-refractivity contribution in [2.24, 2.45) is 0 Å². The molecular formula is C30H36N2O3S. The summed E-state index contributed by atoms with van der Waals surface area (Å²) in [5.74, 6) is 0.0940. The van der Waals surface area contributed by atoms with Crippen molar-refractivity contribution in [2.75, 3.05) is 26.2 Å². The molecule has 5 rings (SSSR count). The number of aryl methyl sites for hydroxylation is 3. The van der Waals surface area contributed by atoms with Crippen LogP contribution in [0.5, 0.6) is 0 Å². The van der Waals surface area contributed by atoms with Gasteiger partial charge in [0.2, 0.25) is 10.0 Å². The van der Waals surface area contributed by atoms with Crippen molar-refractivity contribution in [1.29, 1.82) is 0 Å². The smallest absolute Gasteiger partial charge is 0.243 e. The van der Waals surface area contributed by atoms with E-state index in [1.165, 1.54) is 22.3 Å². The van der Waals surface area contributed by atoms with Crippen LogP contribution in [0, 0.1) is 20.8 Å². The van der Waals surface area contributed by atoms with Crippen LogP contribution in [-0.2, 0) is 10.0 Å². The minimum Gasteiger partial charge on any atom is -0.395 e. The minimum atomic E-state index is -3.59. The number of rotatable bonds is 5. The van der Waals surface area contributed by atoms with Crippen molar-refractivity contribution in [2.45, 2.75) is 56.5 Å². The van der Waals surface area contributed by atoms with Crippen LogP contribution in [0.4, 0.5) is 0 Å². The lowest BCUT2D eigenvalue weighted by Crippen LogP contribution is -2.67. The zero-order valence-electron chi connectivity index (χ0n) is 21.4. The lowest BCUT2D eigenvalue weighted by Gasteiger charge is -2.57. The number of fused-ring (bicyclic) bond motifs is 1. The summed E-state index contributed by atoms with van der Waals surface area (Å²) in [6.45, 7) is 8.05. The first-order chi connectivity index (χ1) is 17.3. The fraction of sp³-hybridized carbons (Fsp3) is 0.400. The van der Waals surface area contributed by atoms with Crippen LogP contribution < -0.4 is 0 Å². The van der Waals surface area contributed by atoms with Gasteiger partial charge in [0.05, 0.1) is 11.5 Å². The first-order valence-electron chi connectivity index (χ1n) is 12.9. The van der Waals surface area contributed by atoms with Crippen molar-refractivity contribution in [1.82, 2.24) is 9.21 Å². The second-order valence-electron chi connectivity index (χ2n) is 10.3. The second-order valence-corrected chi connectivity index (χ2v) is 12.2. The van der Waals surface area contributed by atoms with E-state index in [4.69, 9.17) is 0 Å². The van der Waals surface area contributed by atoms with Crippen LogP contribution in [-0.4, -0.2) is 61.1 Å². The Balaban J connectivity index is 1.43. The molecule has 2 heterocycles. The van der Waals surface area contributed by atoms with E-state index in [0.717, 1.165) is 30.5 Å². The average Bonchev–Trinajstić information content (AvgIpc) is 2.85. The van der Waals surface area contributed by atoms with Crippen molar-refractivity contribution in [3.05, 3.63) is 89.0 Å². The lowest BCUT2D eigenvalue weighted by atomic mass is 9.74. The highest BCUT2D eigenvalue weighted by atomic mass is 32.2. The van der Waals surface area contributed by atoms with Crippen LogP contribution in [0.15, 0.2) is 71.6 Å². The Labute approximate surface area is 215 Å². The Morgan fingerprint density at radius 2 is 1.53 bits per heavy atom. The van der Waals surface area contributed by atoms with E-state index in [2.05, 4.69) is 61.2 Å². The zero-order chi connectivity index (χ0) is 25.4. The summed E-state index contributed by atoms with van der Waals surface area (Å²) in [6, 6.07) is 22.5. The molecule has 3 aromatic rings. The Kier molecular flexibility index (Phi) is 7.05. The molecule has 0 aliphatic carbocycles. The van der Waals surface area contributed by atoms with Gasteiger partial charge >= 0.3 is 0 Å². The molecule has 36 heavy (non-hydrogen) atoms. The molecule has 2 fully saturated rings. The van der Waals surface area contributed by atoms with E-state index < -0.39 is 10.0 Å². The fourth-order valence-corrected chi connectivity index (χ4v) is 7.65. The summed E-state index contributed by atoms with van der Waals surface area (Å²) in [5.41, 5.74) is 6.86. The summed E-state index contributed by atoms with van der Waals surface area (Å²) in [6.07, 6.45) is 1.74. The Morgan fingerprint density at radius 3 is 2.22 bits per heavy atom. The Morgan fingerprint density at radius 1 is 0.833 bits per heavy atom. The largest absolute Gasteiger partial charge is 0.395 e. The van der Waals surface area contributed by atoms with Gasteiger partial charge in [0.1, 0.15) is 0 Å². The van der Waals surface area contributed by atoms with Crippen molar-refractivity contribution >= 4 is 10.0 Å². The maximum Gasteiger partial charge on any atom is 0.243 e. The third-order valence-corrected chi connectivity index (χ3v) is 10.2. The molecule has 1 unspecified atom stereocenters. The van der Waals surface area contributed by atoms with Gasteiger partial charge in [-0.3, -0.25) is 4.90 Å². The predicted molar refractivity (Wildman–Crippen MR) is 145 cm³/mol. The van der Waals surface area contributed by atoms with Crippen molar-refractivity contribution in [3.63, 3.8) is 0 Å². The van der Waals surface area contributed by atoms with Crippen LogP contribution in [0.2, 0.25) is 0 Å². The molecule has 190 valence electrons. The number of nitrogens with zero attached hydrogens (tertiary/aromatic N) is 2. The Hall–Kier alpha value is -2.51. The number of aliphatic hydroxyl groups is 1. The first-order valence-corrected chi connectivity index (χ1v) is 14.3. The molecule has 6 heteroatoms. The van der Waals surface area contributed by atoms with Gasteiger partial charge < -0.3 is 5.11 Å². The molecule has 3 atom stereocenters. The lowest BCUT2D eigenvalue weighted by molar-refractivity contribution is -0.0553.